The van der Waals surface area contributed by atoms with E-state index in [1.54, 1.807) is 42.5 Å². The predicted molar refractivity (Wildman–Crippen MR) is 120 cm³/mol. The van der Waals surface area contributed by atoms with Crippen LogP contribution in [0.1, 0.15) is 11.1 Å². The van der Waals surface area contributed by atoms with Crippen molar-refractivity contribution in [3.8, 4) is 11.5 Å². The third-order valence-corrected chi connectivity index (χ3v) is 5.24. The van der Waals surface area contributed by atoms with Crippen LogP contribution in [0.3, 0.4) is 0 Å². The number of benzene rings is 3. The molecule has 0 spiro atoms. The van der Waals surface area contributed by atoms with Gasteiger partial charge >= 0.3 is 0 Å². The Bertz CT molecular complexity index is 1290. The van der Waals surface area contributed by atoms with E-state index in [2.05, 4.69) is 5.32 Å². The topological polar surface area (TPSA) is 67.9 Å². The van der Waals surface area contributed by atoms with Gasteiger partial charge in [-0.2, -0.15) is 0 Å². The molecule has 33 heavy (non-hydrogen) atoms. The maximum atomic E-state index is 14.5. The fraction of sp³-hybridized carbons (Fsp3) is 0.120. The number of rotatable bonds is 6. The molecule has 0 radical (unpaired) electrons. The van der Waals surface area contributed by atoms with E-state index < -0.39 is 29.1 Å². The van der Waals surface area contributed by atoms with Gasteiger partial charge in [-0.1, -0.05) is 29.8 Å². The van der Waals surface area contributed by atoms with E-state index in [-0.39, 0.29) is 11.3 Å². The fourth-order valence-electron chi connectivity index (χ4n) is 3.55. The molecule has 1 aliphatic rings. The molecule has 0 saturated carbocycles. The maximum absolute atomic E-state index is 14.5. The summed E-state index contributed by atoms with van der Waals surface area (Å²) in [4.78, 5) is 27.4. The number of methoxy groups -OCH3 is 2. The summed E-state index contributed by atoms with van der Waals surface area (Å²) < 4.78 is 39.0. The number of hydrogen-bond acceptors (Lipinski definition) is 5. The van der Waals surface area contributed by atoms with Gasteiger partial charge in [-0.25, -0.2) is 13.7 Å². The molecule has 2 amide bonds. The van der Waals surface area contributed by atoms with Crippen LogP contribution in [0.25, 0.3) is 5.57 Å². The number of aryl methyl sites for hydroxylation is 1. The molecule has 3 aromatic carbocycles. The first-order valence-corrected chi connectivity index (χ1v) is 9.98. The van der Waals surface area contributed by atoms with Crippen molar-refractivity contribution in [1.29, 1.82) is 0 Å². The molecule has 1 aliphatic heterocycles. The summed E-state index contributed by atoms with van der Waals surface area (Å²) in [5.41, 5.74) is 1.27. The number of ether oxygens (including phenoxy) is 2. The van der Waals surface area contributed by atoms with E-state index in [4.69, 9.17) is 9.47 Å². The SMILES string of the molecule is COc1ccc(NC2=C(c3ccc(C)cc3)C(=O)N(c3cc(F)ccc3F)C2=O)c(OC)c1. The van der Waals surface area contributed by atoms with Gasteiger partial charge in [0.25, 0.3) is 11.8 Å². The average Bonchev–Trinajstić information content (AvgIpc) is 3.05. The minimum atomic E-state index is -0.898. The van der Waals surface area contributed by atoms with Gasteiger partial charge in [0.2, 0.25) is 0 Å². The van der Waals surface area contributed by atoms with E-state index in [9.17, 15) is 18.4 Å². The van der Waals surface area contributed by atoms with Gasteiger partial charge in [0.15, 0.2) is 0 Å². The van der Waals surface area contributed by atoms with Crippen LogP contribution in [-0.4, -0.2) is 26.0 Å². The normalized spacial score (nSPS) is 13.5. The summed E-state index contributed by atoms with van der Waals surface area (Å²) in [6, 6.07) is 14.4. The highest BCUT2D eigenvalue weighted by molar-refractivity contribution is 6.46. The van der Waals surface area contributed by atoms with Gasteiger partial charge in [0, 0.05) is 12.1 Å². The van der Waals surface area contributed by atoms with E-state index >= 15 is 0 Å². The Labute approximate surface area is 189 Å². The molecule has 0 unspecified atom stereocenters. The second-order valence-corrected chi connectivity index (χ2v) is 7.35. The zero-order valence-corrected chi connectivity index (χ0v) is 18.1. The fourth-order valence-corrected chi connectivity index (χ4v) is 3.55. The Balaban J connectivity index is 1.86. The van der Waals surface area contributed by atoms with Crippen molar-refractivity contribution in [2.75, 3.05) is 24.4 Å². The minimum Gasteiger partial charge on any atom is -0.497 e. The van der Waals surface area contributed by atoms with Crippen molar-refractivity contribution in [1.82, 2.24) is 0 Å². The van der Waals surface area contributed by atoms with Crippen LogP contribution in [0.4, 0.5) is 20.2 Å². The molecule has 168 valence electrons. The van der Waals surface area contributed by atoms with Crippen molar-refractivity contribution in [2.24, 2.45) is 0 Å². The molecule has 0 aromatic heterocycles. The summed E-state index contributed by atoms with van der Waals surface area (Å²) in [5, 5.41) is 2.96. The first kappa shape index (κ1) is 22.0. The van der Waals surface area contributed by atoms with Crippen LogP contribution in [0.15, 0.2) is 66.4 Å². The van der Waals surface area contributed by atoms with Crippen molar-refractivity contribution in [3.63, 3.8) is 0 Å². The molecular weight excluding hydrogens is 430 g/mol. The summed E-state index contributed by atoms with van der Waals surface area (Å²) in [7, 11) is 2.95. The Morgan fingerprint density at radius 3 is 2.24 bits per heavy atom. The van der Waals surface area contributed by atoms with Crippen LogP contribution in [0, 0.1) is 18.6 Å². The quantitative estimate of drug-likeness (QED) is 0.552. The third kappa shape index (κ3) is 4.03. The summed E-state index contributed by atoms with van der Waals surface area (Å²) >= 11 is 0. The lowest BCUT2D eigenvalue weighted by molar-refractivity contribution is -0.120. The molecule has 0 atom stereocenters. The second-order valence-electron chi connectivity index (χ2n) is 7.35. The zero-order valence-electron chi connectivity index (χ0n) is 18.1. The second kappa shape index (κ2) is 8.74. The van der Waals surface area contributed by atoms with E-state index in [0.29, 0.717) is 27.6 Å². The first-order chi connectivity index (χ1) is 15.8. The van der Waals surface area contributed by atoms with Crippen molar-refractivity contribution in [2.45, 2.75) is 6.92 Å². The molecule has 3 aromatic rings. The van der Waals surface area contributed by atoms with Crippen LogP contribution in [-0.2, 0) is 9.59 Å². The molecule has 0 bridgehead atoms. The van der Waals surface area contributed by atoms with Gasteiger partial charge in [-0.3, -0.25) is 9.59 Å². The molecule has 1 heterocycles. The van der Waals surface area contributed by atoms with Gasteiger partial charge in [-0.15, -0.1) is 0 Å². The van der Waals surface area contributed by atoms with Crippen LogP contribution in [0.2, 0.25) is 0 Å². The van der Waals surface area contributed by atoms with Gasteiger partial charge in [0.05, 0.1) is 31.2 Å². The highest BCUT2D eigenvalue weighted by Gasteiger charge is 2.41. The number of halogens is 2. The molecule has 6 nitrogen and oxygen atoms in total. The van der Waals surface area contributed by atoms with E-state index in [0.717, 1.165) is 23.8 Å². The number of hydrogen-bond donors (Lipinski definition) is 1. The zero-order chi connectivity index (χ0) is 23.7. The Morgan fingerprint density at radius 1 is 0.848 bits per heavy atom. The highest BCUT2D eigenvalue weighted by atomic mass is 19.1. The number of nitrogens with zero attached hydrogens (tertiary/aromatic N) is 1. The summed E-state index contributed by atoms with van der Waals surface area (Å²) in [5.74, 6) is -2.38. The lowest BCUT2D eigenvalue weighted by Gasteiger charge is -2.17. The highest BCUT2D eigenvalue weighted by Crippen LogP contribution is 2.37. The standard InChI is InChI=1S/C25H20F2N2O4/c1-14-4-6-15(7-5-14)22-23(28-19-11-9-17(32-2)13-21(19)33-3)25(31)29(24(22)30)20-12-16(26)8-10-18(20)27/h4-13,28H,1-3H3. The maximum Gasteiger partial charge on any atom is 0.282 e. The number of carbonyl (C=O) groups is 2. The smallest absolute Gasteiger partial charge is 0.282 e. The lowest BCUT2D eigenvalue weighted by Crippen LogP contribution is -2.33. The van der Waals surface area contributed by atoms with Crippen molar-refractivity contribution in [3.05, 3.63) is 89.1 Å². The van der Waals surface area contributed by atoms with Crippen molar-refractivity contribution < 1.29 is 27.8 Å². The van der Waals surface area contributed by atoms with Crippen molar-refractivity contribution >= 4 is 28.8 Å². The number of imide groups is 1. The molecular formula is C25H20F2N2O4. The molecule has 0 aliphatic carbocycles. The minimum absolute atomic E-state index is 0.0292. The molecule has 0 fully saturated rings. The molecule has 0 saturated heterocycles. The largest absolute Gasteiger partial charge is 0.497 e. The summed E-state index contributed by atoms with van der Waals surface area (Å²) in [6.45, 7) is 1.88. The Hall–Kier alpha value is -4.20. The Morgan fingerprint density at radius 2 is 1.58 bits per heavy atom. The molecule has 8 heteroatoms. The average molecular weight is 450 g/mol. The first-order valence-electron chi connectivity index (χ1n) is 9.98. The monoisotopic (exact) mass is 450 g/mol. The van der Waals surface area contributed by atoms with Crippen LogP contribution >= 0.6 is 0 Å². The van der Waals surface area contributed by atoms with Crippen LogP contribution < -0.4 is 19.7 Å². The molecule has 1 N–H and O–H groups in total. The third-order valence-electron chi connectivity index (χ3n) is 5.24. The number of anilines is 2. The number of nitrogens with one attached hydrogen (secondary N) is 1. The number of carbonyl (C=O) groups excluding carboxylic acids is 2. The molecule has 4 rings (SSSR count). The van der Waals surface area contributed by atoms with Gasteiger partial charge in [0.1, 0.15) is 28.8 Å². The van der Waals surface area contributed by atoms with E-state index in [1.165, 1.54) is 14.2 Å². The lowest BCUT2D eigenvalue weighted by atomic mass is 10.0. The number of amides is 2. The van der Waals surface area contributed by atoms with Gasteiger partial charge in [-0.05, 0) is 36.8 Å². The van der Waals surface area contributed by atoms with Gasteiger partial charge < -0.3 is 14.8 Å². The van der Waals surface area contributed by atoms with E-state index in [1.807, 2.05) is 6.92 Å². The Kier molecular flexibility index (Phi) is 5.83. The predicted octanol–water partition coefficient (Wildman–Crippen LogP) is 4.69. The summed E-state index contributed by atoms with van der Waals surface area (Å²) in [6.07, 6.45) is 0. The van der Waals surface area contributed by atoms with Crippen LogP contribution in [0.5, 0.6) is 11.5 Å².